The Balaban J connectivity index is 1.62. The molecule has 0 atom stereocenters. The fourth-order valence-corrected chi connectivity index (χ4v) is 3.80. The summed E-state index contributed by atoms with van der Waals surface area (Å²) in [5.74, 6) is 0.376. The van der Waals surface area contributed by atoms with E-state index in [9.17, 15) is 4.79 Å². The lowest BCUT2D eigenvalue weighted by molar-refractivity contribution is 0.102. The summed E-state index contributed by atoms with van der Waals surface area (Å²) in [6, 6.07) is 13.2. The van der Waals surface area contributed by atoms with E-state index < -0.39 is 0 Å². The smallest absolute Gasteiger partial charge is 0.259 e. The van der Waals surface area contributed by atoms with Gasteiger partial charge in [0.15, 0.2) is 0 Å². The number of hydrogen-bond donors (Lipinski definition) is 1. The quantitative estimate of drug-likeness (QED) is 0.398. The molecule has 0 spiro atoms. The molecule has 31 heavy (non-hydrogen) atoms. The van der Waals surface area contributed by atoms with Gasteiger partial charge in [-0.25, -0.2) is 4.98 Å². The van der Waals surface area contributed by atoms with Crippen molar-refractivity contribution in [2.24, 2.45) is 0 Å². The van der Waals surface area contributed by atoms with Crippen LogP contribution in [0.1, 0.15) is 41.5 Å². The largest absolute Gasteiger partial charge is 0.495 e. The number of nitrogens with one attached hydrogen (secondary N) is 1. The molecule has 156 valence electrons. The Labute approximate surface area is 178 Å². The lowest BCUT2D eigenvalue weighted by Crippen LogP contribution is -2.14. The minimum atomic E-state index is -0.297. The number of ether oxygens (including phenoxy) is 1. The fraction of sp³-hybridized carbons (Fsp3) is 0.208. The number of hydrogen-bond acceptors (Lipinski definition) is 6. The van der Waals surface area contributed by atoms with E-state index in [0.29, 0.717) is 39.4 Å². The van der Waals surface area contributed by atoms with Gasteiger partial charge < -0.3 is 19.0 Å². The van der Waals surface area contributed by atoms with Gasteiger partial charge in [0.05, 0.1) is 29.4 Å². The van der Waals surface area contributed by atoms with Crippen molar-refractivity contribution in [2.75, 3.05) is 12.4 Å². The average Bonchev–Trinajstić information content (AvgIpc) is 3.32. The first-order valence-corrected chi connectivity index (χ1v) is 10.0. The summed E-state index contributed by atoms with van der Waals surface area (Å²) >= 11 is 0. The average molecular weight is 415 g/mol. The number of aryl methyl sites for hydroxylation is 1. The molecule has 0 radical (unpaired) electrons. The second kappa shape index (κ2) is 7.12. The van der Waals surface area contributed by atoms with Crippen molar-refractivity contribution in [2.45, 2.75) is 26.7 Å². The van der Waals surface area contributed by atoms with Gasteiger partial charge in [-0.1, -0.05) is 37.2 Å². The number of methoxy groups -OCH3 is 1. The van der Waals surface area contributed by atoms with Gasteiger partial charge in [-0.3, -0.25) is 4.79 Å². The van der Waals surface area contributed by atoms with Crippen LogP contribution in [0.4, 0.5) is 5.69 Å². The Hall–Kier alpha value is -3.87. The number of nitrogens with zero attached hydrogens (tertiary/aromatic N) is 2. The van der Waals surface area contributed by atoms with Crippen molar-refractivity contribution in [1.82, 2.24) is 10.1 Å². The van der Waals surface area contributed by atoms with E-state index in [2.05, 4.69) is 15.5 Å². The van der Waals surface area contributed by atoms with Gasteiger partial charge in [-0.05, 0) is 31.0 Å². The third kappa shape index (κ3) is 3.09. The third-order valence-electron chi connectivity index (χ3n) is 5.42. The summed E-state index contributed by atoms with van der Waals surface area (Å²) in [6.45, 7) is 5.82. The Morgan fingerprint density at radius 2 is 1.90 bits per heavy atom. The van der Waals surface area contributed by atoms with E-state index in [1.807, 2.05) is 44.2 Å². The van der Waals surface area contributed by atoms with Crippen LogP contribution in [0.25, 0.3) is 33.0 Å². The van der Waals surface area contributed by atoms with E-state index >= 15 is 0 Å². The highest BCUT2D eigenvalue weighted by molar-refractivity contribution is 6.14. The highest BCUT2D eigenvalue weighted by Gasteiger charge is 2.21. The zero-order valence-corrected chi connectivity index (χ0v) is 17.6. The molecule has 0 aliphatic rings. The molecule has 0 saturated heterocycles. The lowest BCUT2D eigenvalue weighted by atomic mass is 10.0. The lowest BCUT2D eigenvalue weighted by Gasteiger charge is -2.12. The molecule has 0 aliphatic carbocycles. The maximum Gasteiger partial charge on any atom is 0.259 e. The van der Waals surface area contributed by atoms with Crippen LogP contribution in [-0.4, -0.2) is 23.2 Å². The molecular weight excluding hydrogens is 394 g/mol. The monoisotopic (exact) mass is 415 g/mol. The van der Waals surface area contributed by atoms with Gasteiger partial charge in [-0.15, -0.1) is 0 Å². The summed E-state index contributed by atoms with van der Waals surface area (Å²) in [6.07, 6.45) is 0. The van der Waals surface area contributed by atoms with Crippen LogP contribution in [0.3, 0.4) is 0 Å². The number of carbonyl (C=O) groups excluding carboxylic acids is 1. The van der Waals surface area contributed by atoms with Crippen LogP contribution in [0.2, 0.25) is 0 Å². The molecule has 0 aliphatic heterocycles. The Morgan fingerprint density at radius 1 is 1.10 bits per heavy atom. The second-order valence-corrected chi connectivity index (χ2v) is 7.80. The summed E-state index contributed by atoms with van der Waals surface area (Å²) < 4.78 is 16.9. The van der Waals surface area contributed by atoms with Crippen LogP contribution in [0.5, 0.6) is 5.75 Å². The molecule has 2 aromatic carbocycles. The Kier molecular flexibility index (Phi) is 4.39. The van der Waals surface area contributed by atoms with Gasteiger partial charge in [-0.2, -0.15) is 0 Å². The van der Waals surface area contributed by atoms with Crippen LogP contribution in [0, 0.1) is 6.92 Å². The zero-order valence-electron chi connectivity index (χ0n) is 17.6. The second-order valence-electron chi connectivity index (χ2n) is 7.80. The highest BCUT2D eigenvalue weighted by Crippen LogP contribution is 2.37. The number of aromatic nitrogens is 2. The molecule has 7 heteroatoms. The summed E-state index contributed by atoms with van der Waals surface area (Å²) in [5.41, 5.74) is 4.15. The highest BCUT2D eigenvalue weighted by atomic mass is 16.5. The van der Waals surface area contributed by atoms with Crippen molar-refractivity contribution in [1.29, 1.82) is 0 Å². The molecule has 0 saturated carbocycles. The molecule has 7 nitrogen and oxygen atoms in total. The molecule has 1 amide bonds. The van der Waals surface area contributed by atoms with Gasteiger partial charge >= 0.3 is 0 Å². The predicted molar refractivity (Wildman–Crippen MR) is 119 cm³/mol. The first-order chi connectivity index (χ1) is 15.0. The van der Waals surface area contributed by atoms with Crippen molar-refractivity contribution in [3.05, 3.63) is 59.4 Å². The van der Waals surface area contributed by atoms with Crippen molar-refractivity contribution >= 4 is 44.6 Å². The summed E-state index contributed by atoms with van der Waals surface area (Å²) in [7, 11) is 1.57. The molecule has 3 heterocycles. The minimum Gasteiger partial charge on any atom is -0.495 e. The normalized spacial score (nSPS) is 11.6. The van der Waals surface area contributed by atoms with E-state index in [-0.39, 0.29) is 11.8 Å². The van der Waals surface area contributed by atoms with E-state index in [0.717, 1.165) is 22.0 Å². The molecule has 0 fully saturated rings. The Bertz CT molecular complexity index is 1460. The van der Waals surface area contributed by atoms with Gasteiger partial charge in [0.1, 0.15) is 16.9 Å². The zero-order chi connectivity index (χ0) is 21.7. The number of rotatable bonds is 4. The van der Waals surface area contributed by atoms with Crippen molar-refractivity contribution in [3.63, 3.8) is 0 Å². The van der Waals surface area contributed by atoms with Crippen molar-refractivity contribution in [3.8, 4) is 5.75 Å². The number of anilines is 1. The van der Waals surface area contributed by atoms with Crippen LogP contribution < -0.4 is 10.1 Å². The first kappa shape index (κ1) is 19.1. The van der Waals surface area contributed by atoms with E-state index in [4.69, 9.17) is 13.7 Å². The molecule has 0 bridgehead atoms. The SMILES string of the molecule is COc1cc2c(cc1NC(=O)c1cc(C(C)C)nc3onc(C)c13)oc1ccccc12. The number of para-hydroxylation sites is 1. The van der Waals surface area contributed by atoms with Crippen molar-refractivity contribution < 1.29 is 18.5 Å². The number of benzene rings is 2. The summed E-state index contributed by atoms with van der Waals surface area (Å²) in [4.78, 5) is 17.8. The number of furan rings is 1. The maximum absolute atomic E-state index is 13.3. The Morgan fingerprint density at radius 3 is 2.68 bits per heavy atom. The molecule has 0 unspecified atom stereocenters. The van der Waals surface area contributed by atoms with Gasteiger partial charge in [0, 0.05) is 22.5 Å². The number of amides is 1. The van der Waals surface area contributed by atoms with Gasteiger partial charge in [0.25, 0.3) is 11.6 Å². The number of pyridine rings is 1. The standard InChI is InChI=1S/C24H21N3O4/c1-12(2)17-9-16(22-13(3)27-31-24(22)26-17)23(28)25-18-11-20-15(10-21(18)29-4)14-7-5-6-8-19(14)30-20/h5-12H,1-4H3,(H,25,28). The third-order valence-corrected chi connectivity index (χ3v) is 5.42. The first-order valence-electron chi connectivity index (χ1n) is 10.0. The molecule has 5 rings (SSSR count). The molecule has 3 aromatic heterocycles. The molecule has 5 aromatic rings. The topological polar surface area (TPSA) is 90.4 Å². The van der Waals surface area contributed by atoms with E-state index in [1.165, 1.54) is 0 Å². The van der Waals surface area contributed by atoms with Crippen LogP contribution >= 0.6 is 0 Å². The van der Waals surface area contributed by atoms with Crippen LogP contribution in [0.15, 0.2) is 51.4 Å². The van der Waals surface area contributed by atoms with E-state index in [1.54, 1.807) is 26.2 Å². The predicted octanol–water partition coefficient (Wildman–Crippen LogP) is 5.81. The van der Waals surface area contributed by atoms with Gasteiger partial charge in [0.2, 0.25) is 0 Å². The molecular formula is C24H21N3O4. The van der Waals surface area contributed by atoms with Crippen LogP contribution in [-0.2, 0) is 0 Å². The minimum absolute atomic E-state index is 0.128. The maximum atomic E-state index is 13.3. The number of carbonyl (C=O) groups is 1. The summed E-state index contributed by atoms with van der Waals surface area (Å²) in [5, 5.41) is 9.48. The fourth-order valence-electron chi connectivity index (χ4n) is 3.80. The molecule has 1 N–H and O–H groups in total. The number of fused-ring (bicyclic) bond motifs is 4.